The second-order valence-electron chi connectivity index (χ2n) is 24.2. The molecule has 4 N–H and O–H groups in total. The first-order valence-electron chi connectivity index (χ1n) is 25.6. The van der Waals surface area contributed by atoms with E-state index in [4.69, 9.17) is 0 Å². The molecule has 0 aromatic carbocycles. The Morgan fingerprint density at radius 2 is 0.848 bits per heavy atom. The molecule has 382 valence electrons. The van der Waals surface area contributed by atoms with E-state index in [0.29, 0.717) is 52.1 Å². The van der Waals surface area contributed by atoms with Gasteiger partial charge in [0.25, 0.3) is 0 Å². The van der Waals surface area contributed by atoms with Gasteiger partial charge in [0.1, 0.15) is 12.1 Å². The number of carbonyl (C=O) groups excluding carboxylic acids is 6. The fourth-order valence-corrected chi connectivity index (χ4v) is 8.72. The lowest BCUT2D eigenvalue weighted by Crippen LogP contribution is -2.59. The maximum absolute atomic E-state index is 14.1. The number of rotatable bonds is 25. The highest BCUT2D eigenvalue weighted by atomic mass is 16.2. The summed E-state index contributed by atoms with van der Waals surface area (Å²) < 4.78 is 0. The highest BCUT2D eigenvalue weighted by molar-refractivity contribution is 5.91. The molecule has 2 heterocycles. The van der Waals surface area contributed by atoms with Crippen LogP contribution in [0.25, 0.3) is 0 Å². The lowest BCUT2D eigenvalue weighted by atomic mass is 9.85. The molecule has 2 aliphatic rings. The van der Waals surface area contributed by atoms with Gasteiger partial charge in [0.15, 0.2) is 0 Å². The molecular formula is C52H98N8O6. The van der Waals surface area contributed by atoms with Gasteiger partial charge in [0, 0.05) is 64.2 Å². The Labute approximate surface area is 402 Å². The van der Waals surface area contributed by atoms with Crippen LogP contribution in [0.4, 0.5) is 0 Å². The van der Waals surface area contributed by atoms with Crippen LogP contribution >= 0.6 is 0 Å². The lowest BCUT2D eigenvalue weighted by Gasteiger charge is -2.38. The number of amides is 6. The smallest absolute Gasteiger partial charge is 0.246 e. The molecule has 0 aromatic heterocycles. The molecule has 2 fully saturated rings. The fraction of sp³-hybridized carbons (Fsp3) is 0.885. The molecule has 2 saturated heterocycles. The highest BCUT2D eigenvalue weighted by Crippen LogP contribution is 2.30. The number of hydrogen-bond acceptors (Lipinski definition) is 8. The maximum atomic E-state index is 14.1. The highest BCUT2D eigenvalue weighted by Gasteiger charge is 2.42. The topological polar surface area (TPSA) is 163 Å². The van der Waals surface area contributed by atoms with Gasteiger partial charge in [-0.1, -0.05) is 109 Å². The Morgan fingerprint density at radius 1 is 0.530 bits per heavy atom. The molecule has 0 saturated carbocycles. The van der Waals surface area contributed by atoms with Crippen LogP contribution in [0.1, 0.15) is 187 Å². The quantitative estimate of drug-likeness (QED) is 0.0720. The third-order valence-corrected chi connectivity index (χ3v) is 13.6. The molecule has 0 aromatic rings. The minimum atomic E-state index is -0.674. The maximum Gasteiger partial charge on any atom is 0.246 e. The zero-order chi connectivity index (χ0) is 50.2. The van der Waals surface area contributed by atoms with Crippen LogP contribution in [0.5, 0.6) is 0 Å². The van der Waals surface area contributed by atoms with Crippen molar-refractivity contribution in [2.24, 2.45) is 21.7 Å². The average Bonchev–Trinajstić information content (AvgIpc) is 3.89. The number of unbranched alkanes of at least 4 members (excludes halogenated alkanes) is 5. The van der Waals surface area contributed by atoms with Gasteiger partial charge in [-0.05, 0) is 101 Å². The molecule has 0 aliphatic carbocycles. The first kappa shape index (κ1) is 58.9. The summed E-state index contributed by atoms with van der Waals surface area (Å²) in [5, 5.41) is 12.0. The Bertz CT molecular complexity index is 1440. The second-order valence-corrected chi connectivity index (χ2v) is 24.2. The molecule has 0 bridgehead atoms. The minimum Gasteiger partial charge on any atom is -0.342 e. The standard InChI is InChI=1S/C52H98N8O6/c1-37(53-15)45(63)55-43(51(9,10)11)47(65)59-31-23-25-39(59)35-57(33-29-49(3,4)5)41(61)27-21-19-17-18-20-22-28-42(62)58(34-30-50(6,7)8)36-40-26-24-32-60(40)48(66)44(52(12,13)14)56-46(64)38(2)54-16/h37-40,43-44,53-54H,17-36H2,1-16H3,(H,55,63)(H,56,64)/t37-,38-,39-,40-,43+,44+/m0/s1. The van der Waals surface area contributed by atoms with Crippen LogP contribution in [-0.4, -0.2) is 145 Å². The summed E-state index contributed by atoms with van der Waals surface area (Å²) in [7, 11) is 3.46. The van der Waals surface area contributed by atoms with Gasteiger partial charge in [-0.15, -0.1) is 0 Å². The molecule has 6 amide bonds. The van der Waals surface area contributed by atoms with Crippen molar-refractivity contribution in [2.75, 3.05) is 53.4 Å². The molecule has 0 spiro atoms. The number of nitrogens with one attached hydrogen (secondary N) is 4. The van der Waals surface area contributed by atoms with Gasteiger partial charge < -0.3 is 40.9 Å². The van der Waals surface area contributed by atoms with Crippen LogP contribution in [-0.2, 0) is 28.8 Å². The van der Waals surface area contributed by atoms with E-state index in [0.717, 1.165) is 77.0 Å². The number of likely N-dealkylation sites (N-methyl/N-ethyl adjacent to an activating group) is 2. The molecule has 0 unspecified atom stereocenters. The fourth-order valence-electron chi connectivity index (χ4n) is 8.72. The molecular weight excluding hydrogens is 833 g/mol. The third-order valence-electron chi connectivity index (χ3n) is 13.6. The lowest BCUT2D eigenvalue weighted by molar-refractivity contribution is -0.142. The van der Waals surface area contributed by atoms with Gasteiger partial charge in [-0.3, -0.25) is 28.8 Å². The van der Waals surface area contributed by atoms with Crippen molar-refractivity contribution in [3.05, 3.63) is 0 Å². The van der Waals surface area contributed by atoms with Crippen LogP contribution in [0.2, 0.25) is 0 Å². The van der Waals surface area contributed by atoms with E-state index in [1.54, 1.807) is 27.9 Å². The summed E-state index contributed by atoms with van der Waals surface area (Å²) in [5.74, 6) is -0.306. The van der Waals surface area contributed by atoms with Crippen LogP contribution < -0.4 is 21.3 Å². The molecule has 6 atom stereocenters. The molecule has 14 heteroatoms. The zero-order valence-electron chi connectivity index (χ0n) is 44.8. The normalized spacial score (nSPS) is 19.0. The summed E-state index contributed by atoms with van der Waals surface area (Å²) in [6.45, 7) is 32.1. The zero-order valence-corrected chi connectivity index (χ0v) is 44.8. The van der Waals surface area contributed by atoms with Gasteiger partial charge in [0.2, 0.25) is 35.4 Å². The number of hydrogen-bond donors (Lipinski definition) is 4. The van der Waals surface area contributed by atoms with Crippen molar-refractivity contribution in [2.45, 2.75) is 223 Å². The van der Waals surface area contributed by atoms with Crippen molar-refractivity contribution in [1.29, 1.82) is 0 Å². The Hall–Kier alpha value is -3.26. The summed E-state index contributed by atoms with van der Waals surface area (Å²) >= 11 is 0. The predicted molar refractivity (Wildman–Crippen MR) is 268 cm³/mol. The van der Waals surface area contributed by atoms with Crippen molar-refractivity contribution in [3.63, 3.8) is 0 Å². The van der Waals surface area contributed by atoms with Crippen LogP contribution in [0.3, 0.4) is 0 Å². The number of carbonyl (C=O) groups is 6. The van der Waals surface area contributed by atoms with Crippen LogP contribution in [0.15, 0.2) is 0 Å². The van der Waals surface area contributed by atoms with Crippen molar-refractivity contribution >= 4 is 35.4 Å². The molecule has 66 heavy (non-hydrogen) atoms. The first-order chi connectivity index (χ1) is 30.5. The van der Waals surface area contributed by atoms with Gasteiger partial charge >= 0.3 is 0 Å². The van der Waals surface area contributed by atoms with Gasteiger partial charge in [-0.2, -0.15) is 0 Å². The van der Waals surface area contributed by atoms with E-state index >= 15 is 0 Å². The monoisotopic (exact) mass is 931 g/mol. The molecule has 0 radical (unpaired) electrons. The Morgan fingerprint density at radius 3 is 1.14 bits per heavy atom. The summed E-state index contributed by atoms with van der Waals surface area (Å²) in [6, 6.07) is -2.38. The summed E-state index contributed by atoms with van der Waals surface area (Å²) in [5.41, 5.74) is -0.863. The predicted octanol–water partition coefficient (Wildman–Crippen LogP) is 6.90. The summed E-state index contributed by atoms with van der Waals surface area (Å²) in [4.78, 5) is 89.6. The molecule has 14 nitrogen and oxygen atoms in total. The summed E-state index contributed by atoms with van der Waals surface area (Å²) in [6.07, 6.45) is 11.5. The van der Waals surface area contributed by atoms with E-state index in [-0.39, 0.29) is 58.4 Å². The SMILES string of the molecule is CN[C@@H](C)C(=O)N[C@H](C(=O)N1CCC[C@H]1CN(CCC(C)(C)C)C(=O)CCCCCCCCC(=O)N(CCC(C)(C)C)C[C@@H]1CCCN1C(=O)[C@@H](NC(=O)[C@H](C)NC)C(C)(C)C)C(C)(C)C. The van der Waals surface area contributed by atoms with E-state index in [2.05, 4.69) is 62.8 Å². The van der Waals surface area contributed by atoms with E-state index in [9.17, 15) is 28.8 Å². The Kier molecular flexibility index (Phi) is 23.6. The van der Waals surface area contributed by atoms with Crippen molar-refractivity contribution in [3.8, 4) is 0 Å². The molecule has 2 aliphatic heterocycles. The van der Waals surface area contributed by atoms with E-state index in [1.807, 2.05) is 61.1 Å². The largest absolute Gasteiger partial charge is 0.342 e. The van der Waals surface area contributed by atoms with Crippen molar-refractivity contribution in [1.82, 2.24) is 40.9 Å². The molecule has 2 rings (SSSR count). The van der Waals surface area contributed by atoms with Crippen LogP contribution in [0, 0.1) is 21.7 Å². The Balaban J connectivity index is 1.98. The van der Waals surface area contributed by atoms with E-state index in [1.165, 1.54) is 0 Å². The van der Waals surface area contributed by atoms with Gasteiger partial charge in [0.05, 0.1) is 12.1 Å². The van der Waals surface area contributed by atoms with Gasteiger partial charge in [-0.25, -0.2) is 0 Å². The minimum absolute atomic E-state index is 0.0528. The van der Waals surface area contributed by atoms with Crippen molar-refractivity contribution < 1.29 is 28.8 Å². The van der Waals surface area contributed by atoms with E-state index < -0.39 is 35.0 Å². The average molecular weight is 931 g/mol. The third kappa shape index (κ3) is 20.1. The first-order valence-corrected chi connectivity index (χ1v) is 25.6. The number of likely N-dealkylation sites (tertiary alicyclic amines) is 2. The number of nitrogens with zero attached hydrogens (tertiary/aromatic N) is 4. The second kappa shape index (κ2) is 26.5.